The number of aromatic nitrogens is 1. The second-order valence-corrected chi connectivity index (χ2v) is 5.20. The molecule has 4 heteroatoms. The third-order valence-electron chi connectivity index (χ3n) is 3.39. The van der Waals surface area contributed by atoms with Crippen LogP contribution in [0.5, 0.6) is 0 Å². The highest BCUT2D eigenvalue weighted by Crippen LogP contribution is 2.38. The molecule has 2 N–H and O–H groups in total. The number of nitrogens with zero attached hydrogens (tertiary/aromatic N) is 1. The topological polar surface area (TPSA) is 38.9 Å². The van der Waals surface area contributed by atoms with Gasteiger partial charge in [-0.2, -0.15) is 0 Å². The number of benzene rings is 1. The summed E-state index contributed by atoms with van der Waals surface area (Å²) >= 11 is 6.21. The molecule has 1 aromatic carbocycles. The molecule has 2 aromatic rings. The normalized spacial score (nSPS) is 16.3. The van der Waals surface area contributed by atoms with Crippen LogP contribution in [-0.4, -0.2) is 4.98 Å². The third-order valence-corrected chi connectivity index (χ3v) is 3.69. The quantitative estimate of drug-likeness (QED) is 0.861. The summed E-state index contributed by atoms with van der Waals surface area (Å²) in [6.07, 6.45) is 3.65. The van der Waals surface area contributed by atoms with Crippen molar-refractivity contribution in [3.63, 3.8) is 0 Å². The van der Waals surface area contributed by atoms with Gasteiger partial charge in [0.15, 0.2) is 0 Å². The van der Waals surface area contributed by atoms with Crippen LogP contribution in [0, 0.1) is 5.92 Å². The zero-order valence-corrected chi connectivity index (χ0v) is 11.5. The van der Waals surface area contributed by atoms with Gasteiger partial charge in [0.05, 0.1) is 5.52 Å². The minimum absolute atomic E-state index is 0. The Morgan fingerprint density at radius 2 is 2.06 bits per heavy atom. The largest absolute Gasteiger partial charge is 0.324 e. The Morgan fingerprint density at radius 3 is 2.78 bits per heavy atom. The Morgan fingerprint density at radius 1 is 1.33 bits per heavy atom. The van der Waals surface area contributed by atoms with E-state index in [9.17, 15) is 0 Å². The van der Waals surface area contributed by atoms with Crippen molar-refractivity contribution in [2.75, 3.05) is 0 Å². The van der Waals surface area contributed by atoms with Gasteiger partial charge >= 0.3 is 0 Å². The van der Waals surface area contributed by atoms with E-state index in [1.807, 2.05) is 24.3 Å². The highest BCUT2D eigenvalue weighted by atomic mass is 35.5. The second kappa shape index (κ2) is 5.43. The molecule has 1 aromatic heterocycles. The maximum atomic E-state index is 6.21. The standard InChI is InChI=1S/C14H15ClN2.ClH/c15-14-11(12(16)7-9-5-6-9)8-10-3-1-2-4-13(10)17-14;/h1-4,8-9,12H,5-7,16H2;1H/t12-;/m0./s1. The van der Waals surface area contributed by atoms with E-state index in [0.717, 1.165) is 28.8 Å². The van der Waals surface area contributed by atoms with Crippen molar-refractivity contribution in [2.45, 2.75) is 25.3 Å². The summed E-state index contributed by atoms with van der Waals surface area (Å²) in [4.78, 5) is 4.41. The van der Waals surface area contributed by atoms with Crippen LogP contribution in [0.3, 0.4) is 0 Å². The van der Waals surface area contributed by atoms with Crippen molar-refractivity contribution >= 4 is 34.9 Å². The third kappa shape index (κ3) is 2.77. The lowest BCUT2D eigenvalue weighted by Crippen LogP contribution is -2.12. The van der Waals surface area contributed by atoms with E-state index >= 15 is 0 Å². The number of nitrogens with two attached hydrogens (primary N) is 1. The molecule has 0 radical (unpaired) electrons. The van der Waals surface area contributed by atoms with Gasteiger partial charge in [-0.25, -0.2) is 4.98 Å². The number of para-hydroxylation sites is 1. The molecular weight excluding hydrogens is 267 g/mol. The van der Waals surface area contributed by atoms with Crippen LogP contribution < -0.4 is 5.73 Å². The van der Waals surface area contributed by atoms with Gasteiger partial charge in [-0.15, -0.1) is 12.4 Å². The van der Waals surface area contributed by atoms with Crippen molar-refractivity contribution in [3.8, 4) is 0 Å². The molecule has 1 saturated carbocycles. The number of rotatable bonds is 3. The molecule has 1 aliphatic carbocycles. The average Bonchev–Trinajstić information content (AvgIpc) is 3.12. The maximum Gasteiger partial charge on any atom is 0.134 e. The minimum Gasteiger partial charge on any atom is -0.324 e. The summed E-state index contributed by atoms with van der Waals surface area (Å²) in [6.45, 7) is 0. The summed E-state index contributed by atoms with van der Waals surface area (Å²) in [5.41, 5.74) is 8.12. The SMILES string of the molecule is Cl.N[C@@H](CC1CC1)c1cc2ccccc2nc1Cl. The van der Waals surface area contributed by atoms with Gasteiger partial charge in [0.1, 0.15) is 5.15 Å². The van der Waals surface area contributed by atoms with Crippen molar-refractivity contribution in [3.05, 3.63) is 41.0 Å². The van der Waals surface area contributed by atoms with E-state index in [4.69, 9.17) is 17.3 Å². The van der Waals surface area contributed by atoms with Crippen molar-refractivity contribution in [2.24, 2.45) is 11.7 Å². The lowest BCUT2D eigenvalue weighted by Gasteiger charge is -2.13. The molecule has 0 aliphatic heterocycles. The van der Waals surface area contributed by atoms with Gasteiger partial charge in [0.2, 0.25) is 0 Å². The van der Waals surface area contributed by atoms with Crippen molar-refractivity contribution in [1.82, 2.24) is 4.98 Å². The smallest absolute Gasteiger partial charge is 0.134 e. The maximum absolute atomic E-state index is 6.21. The highest BCUT2D eigenvalue weighted by Gasteiger charge is 2.25. The fraction of sp³-hybridized carbons (Fsp3) is 0.357. The average molecular weight is 283 g/mol. The molecule has 2 nitrogen and oxygen atoms in total. The molecule has 0 bridgehead atoms. The molecular formula is C14H16Cl2N2. The Hall–Kier alpha value is -0.830. The Kier molecular flexibility index (Phi) is 4.10. The zero-order valence-electron chi connectivity index (χ0n) is 9.97. The summed E-state index contributed by atoms with van der Waals surface area (Å²) in [7, 11) is 0. The molecule has 96 valence electrons. The van der Waals surface area contributed by atoms with E-state index < -0.39 is 0 Å². The number of hydrogen-bond acceptors (Lipinski definition) is 2. The number of pyridine rings is 1. The van der Waals surface area contributed by atoms with Crippen LogP contribution in [0.2, 0.25) is 5.15 Å². The summed E-state index contributed by atoms with van der Waals surface area (Å²) < 4.78 is 0. The summed E-state index contributed by atoms with van der Waals surface area (Å²) in [5.74, 6) is 0.799. The first-order valence-electron chi connectivity index (χ1n) is 6.05. The molecule has 1 heterocycles. The van der Waals surface area contributed by atoms with Crippen LogP contribution >= 0.6 is 24.0 Å². The summed E-state index contributed by atoms with van der Waals surface area (Å²) in [5, 5.41) is 1.66. The van der Waals surface area contributed by atoms with Gasteiger partial charge in [-0.3, -0.25) is 0 Å². The Labute approximate surface area is 118 Å². The predicted octanol–water partition coefficient (Wildman–Crippen LogP) is 4.11. The number of fused-ring (bicyclic) bond motifs is 1. The van der Waals surface area contributed by atoms with Crippen LogP contribution in [0.4, 0.5) is 0 Å². The molecule has 0 amide bonds. The monoisotopic (exact) mass is 282 g/mol. The molecule has 1 atom stereocenters. The molecule has 0 spiro atoms. The van der Waals surface area contributed by atoms with Crippen molar-refractivity contribution < 1.29 is 0 Å². The van der Waals surface area contributed by atoms with Crippen molar-refractivity contribution in [1.29, 1.82) is 0 Å². The van der Waals surface area contributed by atoms with Gasteiger partial charge in [-0.1, -0.05) is 42.6 Å². The van der Waals surface area contributed by atoms with E-state index in [1.54, 1.807) is 0 Å². The highest BCUT2D eigenvalue weighted by molar-refractivity contribution is 6.30. The molecule has 3 rings (SSSR count). The Bertz CT molecular complexity index is 552. The van der Waals surface area contributed by atoms with E-state index in [2.05, 4.69) is 11.1 Å². The van der Waals surface area contributed by atoms with E-state index in [0.29, 0.717) is 5.15 Å². The zero-order chi connectivity index (χ0) is 11.8. The predicted molar refractivity (Wildman–Crippen MR) is 78.3 cm³/mol. The van der Waals surface area contributed by atoms with E-state index in [1.165, 1.54) is 12.8 Å². The second-order valence-electron chi connectivity index (χ2n) is 4.85. The van der Waals surface area contributed by atoms with Crippen LogP contribution in [-0.2, 0) is 0 Å². The van der Waals surface area contributed by atoms with Gasteiger partial charge in [0.25, 0.3) is 0 Å². The lowest BCUT2D eigenvalue weighted by atomic mass is 10.0. The fourth-order valence-corrected chi connectivity index (χ4v) is 2.49. The fourth-order valence-electron chi connectivity index (χ4n) is 2.21. The van der Waals surface area contributed by atoms with Gasteiger partial charge < -0.3 is 5.73 Å². The van der Waals surface area contributed by atoms with Crippen LogP contribution in [0.15, 0.2) is 30.3 Å². The molecule has 18 heavy (non-hydrogen) atoms. The van der Waals surface area contributed by atoms with Crippen LogP contribution in [0.25, 0.3) is 10.9 Å². The van der Waals surface area contributed by atoms with Gasteiger partial charge in [-0.05, 0) is 24.5 Å². The number of hydrogen-bond donors (Lipinski definition) is 1. The first-order valence-corrected chi connectivity index (χ1v) is 6.42. The first-order chi connectivity index (χ1) is 8.24. The van der Waals surface area contributed by atoms with Crippen LogP contribution in [0.1, 0.15) is 30.9 Å². The minimum atomic E-state index is 0. The summed E-state index contributed by atoms with van der Waals surface area (Å²) in [6, 6.07) is 10.1. The number of halogens is 2. The molecule has 0 saturated heterocycles. The first kappa shape index (κ1) is 13.6. The van der Waals surface area contributed by atoms with Gasteiger partial charge in [0, 0.05) is 17.0 Å². The lowest BCUT2D eigenvalue weighted by molar-refractivity contribution is 0.596. The molecule has 1 fully saturated rings. The molecule has 1 aliphatic rings. The van der Waals surface area contributed by atoms with E-state index in [-0.39, 0.29) is 18.4 Å². The Balaban J connectivity index is 0.00000120. The molecule has 0 unspecified atom stereocenters.